The predicted molar refractivity (Wildman–Crippen MR) is 125 cm³/mol. The topological polar surface area (TPSA) is 92.6 Å². The van der Waals surface area contributed by atoms with Gasteiger partial charge in [0.1, 0.15) is 11.6 Å². The number of halogens is 1. The van der Waals surface area contributed by atoms with Crippen molar-refractivity contribution in [2.24, 2.45) is 0 Å². The number of amides is 1. The summed E-state index contributed by atoms with van der Waals surface area (Å²) in [6, 6.07) is 8.31. The highest BCUT2D eigenvalue weighted by atomic mass is 32.2. The molecule has 2 atom stereocenters. The number of carbonyl (C=O) groups is 1. The number of fused-ring (bicyclic) bond motifs is 1. The lowest BCUT2D eigenvalue weighted by Crippen LogP contribution is -2.43. The van der Waals surface area contributed by atoms with Gasteiger partial charge in [-0.15, -0.1) is 5.10 Å². The number of thioether (sulfide) groups is 1. The molecule has 3 N–H and O–H groups in total. The van der Waals surface area contributed by atoms with Crippen LogP contribution in [0.15, 0.2) is 36.5 Å². The number of methoxy groups -OCH3 is 1. The Balaban J connectivity index is 1.49. The highest BCUT2D eigenvalue weighted by molar-refractivity contribution is 7.98. The summed E-state index contributed by atoms with van der Waals surface area (Å²) in [5.74, 6) is 0.645. The SMILES string of the molecule is CO[C@H]1CCN[C@@H]1CNC(=O)c1ccc(-c2cnc3ccc(NCCSC)nn23)cc1F. The van der Waals surface area contributed by atoms with Crippen LogP contribution in [0.2, 0.25) is 0 Å². The van der Waals surface area contributed by atoms with Crippen molar-refractivity contribution in [1.82, 2.24) is 25.2 Å². The highest BCUT2D eigenvalue weighted by Gasteiger charge is 2.27. The van der Waals surface area contributed by atoms with Crippen LogP contribution in [0.1, 0.15) is 16.8 Å². The number of benzene rings is 1. The summed E-state index contributed by atoms with van der Waals surface area (Å²) in [6.07, 6.45) is 4.64. The van der Waals surface area contributed by atoms with E-state index in [1.165, 1.54) is 12.1 Å². The normalized spacial score (nSPS) is 18.2. The third-order valence-electron chi connectivity index (χ3n) is 5.55. The van der Waals surface area contributed by atoms with Crippen LogP contribution in [-0.2, 0) is 4.74 Å². The second-order valence-electron chi connectivity index (χ2n) is 7.58. The number of aromatic nitrogens is 3. The van der Waals surface area contributed by atoms with Crippen LogP contribution in [0.25, 0.3) is 16.9 Å². The molecule has 3 heterocycles. The minimum absolute atomic E-state index is 0.00177. The van der Waals surface area contributed by atoms with Crippen molar-refractivity contribution < 1.29 is 13.9 Å². The average Bonchev–Trinajstić information content (AvgIpc) is 3.44. The lowest BCUT2D eigenvalue weighted by Gasteiger charge is -2.18. The number of hydrogen-bond acceptors (Lipinski definition) is 7. The molecule has 3 aromatic rings. The molecular formula is C22H27FN6O2S. The van der Waals surface area contributed by atoms with E-state index in [1.54, 1.807) is 35.7 Å². The van der Waals surface area contributed by atoms with Crippen LogP contribution in [0.3, 0.4) is 0 Å². The molecule has 10 heteroatoms. The predicted octanol–water partition coefficient (Wildman–Crippen LogP) is 2.42. The molecule has 32 heavy (non-hydrogen) atoms. The summed E-state index contributed by atoms with van der Waals surface area (Å²) in [6.45, 7) is 2.01. The first kappa shape index (κ1) is 22.5. The van der Waals surface area contributed by atoms with Gasteiger partial charge in [0.05, 0.1) is 29.6 Å². The molecule has 0 saturated carbocycles. The summed E-state index contributed by atoms with van der Waals surface area (Å²) in [4.78, 5) is 16.9. The number of ether oxygens (including phenoxy) is 1. The van der Waals surface area contributed by atoms with Gasteiger partial charge in [0.15, 0.2) is 5.65 Å². The van der Waals surface area contributed by atoms with Crippen LogP contribution >= 0.6 is 11.8 Å². The van der Waals surface area contributed by atoms with Crippen molar-refractivity contribution in [2.75, 3.05) is 44.1 Å². The number of nitrogens with zero attached hydrogens (tertiary/aromatic N) is 3. The Morgan fingerprint density at radius 3 is 3.03 bits per heavy atom. The summed E-state index contributed by atoms with van der Waals surface area (Å²) in [5, 5.41) is 13.9. The summed E-state index contributed by atoms with van der Waals surface area (Å²) < 4.78 is 21.9. The maximum Gasteiger partial charge on any atom is 0.254 e. The fraction of sp³-hybridized carbons (Fsp3) is 0.409. The first-order valence-electron chi connectivity index (χ1n) is 10.5. The molecule has 1 aliphatic rings. The van der Waals surface area contributed by atoms with Gasteiger partial charge in [0.25, 0.3) is 5.91 Å². The van der Waals surface area contributed by atoms with Gasteiger partial charge in [-0.1, -0.05) is 6.07 Å². The van der Waals surface area contributed by atoms with Crippen LogP contribution in [0, 0.1) is 5.82 Å². The largest absolute Gasteiger partial charge is 0.380 e. The second-order valence-corrected chi connectivity index (χ2v) is 8.57. The third-order valence-corrected chi connectivity index (χ3v) is 6.17. The number of nitrogens with one attached hydrogen (secondary N) is 3. The van der Waals surface area contributed by atoms with Crippen molar-refractivity contribution in [1.29, 1.82) is 0 Å². The second kappa shape index (κ2) is 10.3. The standard InChI is InChI=1S/C22H27FN6O2S/c1-31-19-7-8-24-17(19)12-27-22(30)15-4-3-14(11-16(15)23)18-13-26-21-6-5-20(28-29(18)21)25-9-10-32-2/h3-6,11,13,17,19,24H,7-10,12H2,1-2H3,(H,25,28)(H,27,30)/t17-,19+/m1/s1. The molecule has 0 radical (unpaired) electrons. The van der Waals surface area contributed by atoms with E-state index in [4.69, 9.17) is 4.74 Å². The molecule has 0 spiro atoms. The first-order valence-corrected chi connectivity index (χ1v) is 11.9. The number of rotatable bonds is 9. The van der Waals surface area contributed by atoms with Gasteiger partial charge in [-0.2, -0.15) is 11.8 Å². The molecule has 8 nitrogen and oxygen atoms in total. The maximum atomic E-state index is 14.9. The zero-order chi connectivity index (χ0) is 22.5. The Hall–Kier alpha value is -2.69. The quantitative estimate of drug-likeness (QED) is 0.424. The van der Waals surface area contributed by atoms with Gasteiger partial charge in [0, 0.05) is 31.5 Å². The number of imidazole rings is 1. The first-order chi connectivity index (χ1) is 15.6. The summed E-state index contributed by atoms with van der Waals surface area (Å²) >= 11 is 1.75. The van der Waals surface area contributed by atoms with Crippen LogP contribution in [0.5, 0.6) is 0 Å². The highest BCUT2D eigenvalue weighted by Crippen LogP contribution is 2.23. The fourth-order valence-corrected chi connectivity index (χ4v) is 4.14. The molecule has 1 saturated heterocycles. The fourth-order valence-electron chi connectivity index (χ4n) is 3.83. The Morgan fingerprint density at radius 2 is 2.25 bits per heavy atom. The van der Waals surface area contributed by atoms with E-state index in [9.17, 15) is 9.18 Å². The Morgan fingerprint density at radius 1 is 1.38 bits per heavy atom. The molecule has 1 aliphatic heterocycles. The van der Waals surface area contributed by atoms with E-state index in [0.29, 0.717) is 23.4 Å². The minimum atomic E-state index is -0.591. The van der Waals surface area contributed by atoms with Gasteiger partial charge in [0.2, 0.25) is 0 Å². The van der Waals surface area contributed by atoms with Crippen LogP contribution in [-0.4, -0.2) is 71.4 Å². The summed E-state index contributed by atoms with van der Waals surface area (Å²) in [5.41, 5.74) is 1.91. The molecule has 0 bridgehead atoms. The van der Waals surface area contributed by atoms with Gasteiger partial charge < -0.3 is 20.7 Å². The van der Waals surface area contributed by atoms with E-state index in [-0.39, 0.29) is 17.7 Å². The lowest BCUT2D eigenvalue weighted by molar-refractivity contribution is 0.0843. The molecule has 4 rings (SSSR count). The van der Waals surface area contributed by atoms with E-state index < -0.39 is 11.7 Å². The summed E-state index contributed by atoms with van der Waals surface area (Å²) in [7, 11) is 1.66. The zero-order valence-electron chi connectivity index (χ0n) is 18.1. The Bertz CT molecular complexity index is 1090. The van der Waals surface area contributed by atoms with Crippen LogP contribution < -0.4 is 16.0 Å². The van der Waals surface area contributed by atoms with Gasteiger partial charge >= 0.3 is 0 Å². The molecule has 1 amide bonds. The number of anilines is 1. The maximum absolute atomic E-state index is 14.9. The van der Waals surface area contributed by atoms with E-state index >= 15 is 0 Å². The van der Waals surface area contributed by atoms with Crippen molar-refractivity contribution in [2.45, 2.75) is 18.6 Å². The minimum Gasteiger partial charge on any atom is -0.380 e. The lowest BCUT2D eigenvalue weighted by atomic mass is 10.1. The molecule has 1 fully saturated rings. The molecule has 2 aromatic heterocycles. The molecule has 1 aromatic carbocycles. The van der Waals surface area contributed by atoms with Gasteiger partial charge in [-0.3, -0.25) is 4.79 Å². The van der Waals surface area contributed by atoms with Crippen molar-refractivity contribution in [3.63, 3.8) is 0 Å². The van der Waals surface area contributed by atoms with Crippen molar-refractivity contribution in [3.05, 3.63) is 47.9 Å². The Kier molecular flexibility index (Phi) is 7.23. The average molecular weight is 459 g/mol. The monoisotopic (exact) mass is 458 g/mol. The van der Waals surface area contributed by atoms with E-state index in [0.717, 1.165) is 31.1 Å². The molecule has 170 valence electrons. The Labute approximate surface area is 190 Å². The van der Waals surface area contributed by atoms with Crippen molar-refractivity contribution in [3.8, 4) is 11.3 Å². The number of hydrogen-bond donors (Lipinski definition) is 3. The zero-order valence-corrected chi connectivity index (χ0v) is 18.9. The number of carbonyl (C=O) groups excluding carboxylic acids is 1. The van der Waals surface area contributed by atoms with Gasteiger partial charge in [-0.05, 0) is 43.5 Å². The van der Waals surface area contributed by atoms with Crippen LogP contribution in [0.4, 0.5) is 10.2 Å². The van der Waals surface area contributed by atoms with Crippen molar-refractivity contribution >= 4 is 29.1 Å². The molecule has 0 unspecified atom stereocenters. The van der Waals surface area contributed by atoms with E-state index in [1.807, 2.05) is 18.4 Å². The van der Waals surface area contributed by atoms with Gasteiger partial charge in [-0.25, -0.2) is 13.9 Å². The smallest absolute Gasteiger partial charge is 0.254 e. The molecule has 0 aliphatic carbocycles. The molecular weight excluding hydrogens is 431 g/mol. The van der Waals surface area contributed by atoms with E-state index in [2.05, 4.69) is 26.0 Å². The third kappa shape index (κ3) is 4.87.